The Hall–Kier alpha value is -5.22. The van der Waals surface area contributed by atoms with Crippen molar-refractivity contribution in [2.75, 3.05) is 0 Å². The van der Waals surface area contributed by atoms with Gasteiger partial charge in [0, 0.05) is 36.3 Å². The number of aromatic amines is 1. The second-order valence-electron chi connectivity index (χ2n) is 12.2. The molecule has 0 atom stereocenters. The quantitative estimate of drug-likeness (QED) is 0.188. The van der Waals surface area contributed by atoms with E-state index in [2.05, 4.69) is 150 Å². The zero-order valence-corrected chi connectivity index (χ0v) is 26.5. The molecule has 1 N–H and O–H groups in total. The molecule has 3 heterocycles. The summed E-state index contributed by atoms with van der Waals surface area (Å²) in [5.41, 5.74) is 11.7. The molecule has 1 nitrogen and oxygen atoms in total. The first-order chi connectivity index (χ1) is 22.7. The number of nitrogens with one attached hydrogen (secondary N) is 1. The summed E-state index contributed by atoms with van der Waals surface area (Å²) in [7, 11) is 0. The zero-order valence-electron chi connectivity index (χ0n) is 24.9. The Morgan fingerprint density at radius 3 is 2.28 bits per heavy atom. The highest BCUT2D eigenvalue weighted by atomic mass is 32.1. The normalized spacial score (nSPS) is 12.6. The van der Waals surface area contributed by atoms with Gasteiger partial charge in [-0.2, -0.15) is 0 Å². The van der Waals surface area contributed by atoms with Gasteiger partial charge in [0.1, 0.15) is 0 Å². The first-order valence-corrected chi connectivity index (χ1v) is 17.4. The number of thiophene rings is 2. The number of benzene rings is 6. The lowest BCUT2D eigenvalue weighted by Crippen LogP contribution is -1.85. The van der Waals surface area contributed by atoms with E-state index in [4.69, 9.17) is 0 Å². The van der Waals surface area contributed by atoms with Gasteiger partial charge in [-0.05, 0) is 109 Å². The molecule has 9 aromatic rings. The van der Waals surface area contributed by atoms with E-state index in [-0.39, 0.29) is 0 Å². The summed E-state index contributed by atoms with van der Waals surface area (Å²) in [5.74, 6) is 0. The molecule has 3 aromatic heterocycles. The number of hydrogen-bond donors (Lipinski definition) is 1. The molecular formula is C43H27NS2. The maximum absolute atomic E-state index is 3.82. The summed E-state index contributed by atoms with van der Waals surface area (Å²) in [4.78, 5) is 7.82. The zero-order chi connectivity index (χ0) is 30.2. The molecule has 0 aliphatic heterocycles. The lowest BCUT2D eigenvalue weighted by molar-refractivity contribution is 1.29. The molecule has 3 heteroatoms. The van der Waals surface area contributed by atoms with E-state index < -0.39 is 0 Å². The van der Waals surface area contributed by atoms with Gasteiger partial charge >= 0.3 is 0 Å². The molecule has 1 aliphatic carbocycles. The van der Waals surface area contributed by atoms with Crippen molar-refractivity contribution >= 4 is 78.2 Å². The van der Waals surface area contributed by atoms with Crippen LogP contribution in [0.15, 0.2) is 133 Å². The number of hydrogen-bond acceptors (Lipinski definition) is 2. The van der Waals surface area contributed by atoms with Gasteiger partial charge in [0.15, 0.2) is 0 Å². The van der Waals surface area contributed by atoms with E-state index in [9.17, 15) is 0 Å². The van der Waals surface area contributed by atoms with Gasteiger partial charge in [-0.15, -0.1) is 22.7 Å². The Morgan fingerprint density at radius 1 is 0.543 bits per heavy atom. The summed E-state index contributed by atoms with van der Waals surface area (Å²) in [6.07, 6.45) is 5.34. The van der Waals surface area contributed by atoms with E-state index in [0.717, 1.165) is 6.42 Å². The van der Waals surface area contributed by atoms with Crippen LogP contribution in [0.2, 0.25) is 0 Å². The van der Waals surface area contributed by atoms with E-state index in [1.54, 1.807) is 11.3 Å². The van der Waals surface area contributed by atoms with Gasteiger partial charge < -0.3 is 4.98 Å². The van der Waals surface area contributed by atoms with Crippen LogP contribution >= 0.6 is 22.7 Å². The molecule has 0 bridgehead atoms. The van der Waals surface area contributed by atoms with Crippen molar-refractivity contribution in [3.05, 3.63) is 155 Å². The molecule has 0 radical (unpaired) electrons. The van der Waals surface area contributed by atoms with Crippen molar-refractivity contribution in [2.45, 2.75) is 6.42 Å². The summed E-state index contributed by atoms with van der Waals surface area (Å²) in [6, 6.07) is 47.2. The molecule has 0 spiro atoms. The predicted molar refractivity (Wildman–Crippen MR) is 201 cm³/mol. The van der Waals surface area contributed by atoms with Crippen LogP contribution in [0.25, 0.3) is 86.8 Å². The molecule has 1 aliphatic rings. The standard InChI is InChI=1S/C43H27NS2/c1-2-5-26(6-3-1)8-9-27-10-14-33-28(21-27)12-17-35-38-24-31-23-37-32-15-13-30(40-18-19-42(46-40)41-7-4-20-45-41)22-29(32)11-16-34(37)36(31)25-39(38)44-43(33)35/h1-22,24-25,44H,23H2/b9-8+. The molecule has 6 aromatic carbocycles. The number of fused-ring (bicyclic) bond motifs is 10. The monoisotopic (exact) mass is 621 g/mol. The minimum Gasteiger partial charge on any atom is -0.354 e. The molecule has 216 valence electrons. The highest BCUT2D eigenvalue weighted by Crippen LogP contribution is 2.45. The topological polar surface area (TPSA) is 15.8 Å². The van der Waals surface area contributed by atoms with Crippen LogP contribution < -0.4 is 0 Å². The average Bonchev–Trinajstić information content (AvgIpc) is 3.92. The first-order valence-electron chi connectivity index (χ1n) is 15.7. The third-order valence-electron chi connectivity index (χ3n) is 9.55. The van der Waals surface area contributed by atoms with Gasteiger partial charge in [-0.3, -0.25) is 0 Å². The van der Waals surface area contributed by atoms with Crippen molar-refractivity contribution in [2.24, 2.45) is 0 Å². The number of aromatic nitrogens is 1. The molecule has 0 fully saturated rings. The highest BCUT2D eigenvalue weighted by molar-refractivity contribution is 7.23. The lowest BCUT2D eigenvalue weighted by atomic mass is 9.97. The SMILES string of the molecule is C(=C\c1ccc2c(ccc3c4cc5c(cc4[nH]c23)-c2ccc3cc(-c4ccc(-c6cccs6)s4)ccc3c2C5)c1)/c1ccccc1. The van der Waals surface area contributed by atoms with Crippen LogP contribution in [0.5, 0.6) is 0 Å². The Balaban J connectivity index is 1.01. The van der Waals surface area contributed by atoms with Crippen molar-refractivity contribution in [1.29, 1.82) is 0 Å². The Labute approximate surface area is 274 Å². The van der Waals surface area contributed by atoms with Crippen LogP contribution in [-0.4, -0.2) is 4.98 Å². The molecule has 0 saturated carbocycles. The predicted octanol–water partition coefficient (Wildman–Crippen LogP) is 12.8. The minimum absolute atomic E-state index is 0.968. The Morgan fingerprint density at radius 2 is 1.37 bits per heavy atom. The largest absolute Gasteiger partial charge is 0.354 e. The smallest absolute Gasteiger partial charge is 0.0544 e. The molecule has 0 saturated heterocycles. The summed E-state index contributed by atoms with van der Waals surface area (Å²) >= 11 is 3.68. The lowest BCUT2D eigenvalue weighted by Gasteiger charge is -2.08. The van der Waals surface area contributed by atoms with Gasteiger partial charge in [0.05, 0.1) is 5.52 Å². The van der Waals surface area contributed by atoms with Crippen molar-refractivity contribution in [3.63, 3.8) is 0 Å². The second-order valence-corrected chi connectivity index (χ2v) is 14.3. The van der Waals surface area contributed by atoms with Gasteiger partial charge in [-0.25, -0.2) is 0 Å². The van der Waals surface area contributed by atoms with Crippen LogP contribution in [0, 0.1) is 0 Å². The van der Waals surface area contributed by atoms with Crippen LogP contribution in [0.3, 0.4) is 0 Å². The second kappa shape index (κ2) is 10.1. The minimum atomic E-state index is 0.968. The van der Waals surface area contributed by atoms with E-state index in [1.807, 2.05) is 11.3 Å². The highest BCUT2D eigenvalue weighted by Gasteiger charge is 2.23. The fourth-order valence-electron chi connectivity index (χ4n) is 7.30. The van der Waals surface area contributed by atoms with E-state index >= 15 is 0 Å². The van der Waals surface area contributed by atoms with Crippen LogP contribution in [-0.2, 0) is 6.42 Å². The first kappa shape index (κ1) is 26.0. The molecule has 10 rings (SSSR count). The third-order valence-corrected chi connectivity index (χ3v) is 11.7. The third kappa shape index (κ3) is 4.13. The Kier molecular flexibility index (Phi) is 5.75. The van der Waals surface area contributed by atoms with Crippen molar-refractivity contribution < 1.29 is 0 Å². The summed E-state index contributed by atoms with van der Waals surface area (Å²) < 4.78 is 0. The van der Waals surface area contributed by atoms with Crippen LogP contribution in [0.1, 0.15) is 22.3 Å². The fraction of sp³-hybridized carbons (Fsp3) is 0.0233. The van der Waals surface area contributed by atoms with Crippen molar-refractivity contribution in [1.82, 2.24) is 4.98 Å². The molecule has 0 amide bonds. The maximum atomic E-state index is 3.82. The van der Waals surface area contributed by atoms with Crippen LogP contribution in [0.4, 0.5) is 0 Å². The number of H-pyrrole nitrogens is 1. The summed E-state index contributed by atoms with van der Waals surface area (Å²) in [6.45, 7) is 0. The maximum Gasteiger partial charge on any atom is 0.0544 e. The summed E-state index contributed by atoms with van der Waals surface area (Å²) in [5, 5.41) is 9.95. The van der Waals surface area contributed by atoms with Gasteiger partial charge in [-0.1, -0.05) is 97.1 Å². The molecule has 0 unspecified atom stereocenters. The average molecular weight is 622 g/mol. The van der Waals surface area contributed by atoms with Crippen molar-refractivity contribution in [3.8, 4) is 31.3 Å². The molecule has 46 heavy (non-hydrogen) atoms. The Bertz CT molecular complexity index is 2650. The van der Waals surface area contributed by atoms with Gasteiger partial charge in [0.25, 0.3) is 0 Å². The van der Waals surface area contributed by atoms with E-state index in [1.165, 1.54) is 96.9 Å². The van der Waals surface area contributed by atoms with E-state index in [0.29, 0.717) is 0 Å². The fourth-order valence-corrected chi connectivity index (χ4v) is 9.13. The number of rotatable bonds is 4. The molecular weight excluding hydrogens is 595 g/mol. The van der Waals surface area contributed by atoms with Gasteiger partial charge in [0.2, 0.25) is 0 Å².